The van der Waals surface area contributed by atoms with Crippen molar-refractivity contribution < 1.29 is 9.59 Å². The zero-order valence-electron chi connectivity index (χ0n) is 9.02. The van der Waals surface area contributed by atoms with E-state index in [1.807, 2.05) is 0 Å². The molecule has 0 aromatic rings. The van der Waals surface area contributed by atoms with Crippen molar-refractivity contribution in [2.75, 3.05) is 0 Å². The summed E-state index contributed by atoms with van der Waals surface area (Å²) in [4.78, 5) is 25.6. The first-order valence-electron chi connectivity index (χ1n) is 4.47. The lowest BCUT2D eigenvalue weighted by Gasteiger charge is -2.11. The van der Waals surface area contributed by atoms with Crippen molar-refractivity contribution in [3.63, 3.8) is 0 Å². The highest BCUT2D eigenvalue weighted by Gasteiger charge is 2.20. The summed E-state index contributed by atoms with van der Waals surface area (Å²) in [7, 11) is 0. The van der Waals surface area contributed by atoms with Crippen LogP contribution in [0.15, 0.2) is 47.6 Å². The second-order valence-corrected chi connectivity index (χ2v) is 2.80. The Balaban J connectivity index is 0.000000414. The molecule has 8 nitrogen and oxygen atoms in total. The van der Waals surface area contributed by atoms with Crippen LogP contribution in [0, 0.1) is 5.53 Å². The van der Waals surface area contributed by atoms with Gasteiger partial charge in [0.2, 0.25) is 0 Å². The number of allylic oxidation sites excluding steroid dienone is 8. The first kappa shape index (κ1) is 14.9. The highest BCUT2D eigenvalue weighted by atomic mass is 16.1. The molecule has 0 aliphatic heterocycles. The van der Waals surface area contributed by atoms with E-state index in [1.54, 1.807) is 29.2 Å². The minimum Gasteiger partial charge on any atom is -0.373 e. The Morgan fingerprint density at radius 3 is 1.44 bits per heavy atom. The van der Waals surface area contributed by atoms with Crippen molar-refractivity contribution in [2.24, 2.45) is 0 Å². The molecule has 0 saturated heterocycles. The number of rotatable bonds is 0. The van der Waals surface area contributed by atoms with Gasteiger partial charge in [0.05, 0.1) is 0 Å². The maximum Gasteiger partial charge on any atom is 0.186 e. The molecule has 2 aliphatic carbocycles. The molecule has 1 N–H and O–H groups in total. The Bertz CT molecular complexity index is 491. The lowest BCUT2D eigenvalue weighted by Crippen LogP contribution is -2.13. The van der Waals surface area contributed by atoms with Crippen molar-refractivity contribution in [1.82, 2.24) is 0 Å². The van der Waals surface area contributed by atoms with Gasteiger partial charge in [-0.15, -0.1) is 5.53 Å². The average Bonchev–Trinajstić information content (AvgIpc) is 2.33. The van der Waals surface area contributed by atoms with E-state index in [9.17, 15) is 9.59 Å². The topological polar surface area (TPSA) is 153 Å². The number of nitrogens with zero attached hydrogens (tertiary/aromatic N) is 5. The van der Waals surface area contributed by atoms with Crippen LogP contribution < -0.4 is 0 Å². The third-order valence-electron chi connectivity index (χ3n) is 1.84. The molecule has 0 radical (unpaired) electrons. The van der Waals surface area contributed by atoms with Gasteiger partial charge in [-0.2, -0.15) is 0 Å². The molecule has 0 spiro atoms. The van der Waals surface area contributed by atoms with Crippen molar-refractivity contribution in [3.8, 4) is 0 Å². The number of ketones is 2. The smallest absolute Gasteiger partial charge is 0.186 e. The van der Waals surface area contributed by atoms with Crippen molar-refractivity contribution >= 4 is 11.6 Å². The Kier molecular flexibility index (Phi) is 6.73. The first-order chi connectivity index (χ1) is 8.62. The lowest BCUT2D eigenvalue weighted by molar-refractivity contribution is -0.114. The van der Waals surface area contributed by atoms with E-state index in [4.69, 9.17) is 22.1 Å². The number of hydrogen-bond donors (Lipinski definition) is 1. The maximum absolute atomic E-state index is 11.2. The van der Waals surface area contributed by atoms with Crippen molar-refractivity contribution in [2.45, 2.75) is 0 Å². The van der Waals surface area contributed by atoms with Gasteiger partial charge in [0.15, 0.2) is 11.6 Å². The van der Waals surface area contributed by atoms with E-state index in [0.717, 1.165) is 0 Å². The standard InChI is InChI=1S/C10H6O2.HN3.N3/c11-9-5-1-3-7-8(9)4-2-6-10(7)12;2*1-3-2/h1-6H;1H;/q;;-1. The number of fused-ring (bicyclic) bond motifs is 1. The number of carbonyl (C=O) groups is 2. The molecule has 0 unspecified atom stereocenters. The molecule has 0 aromatic carbocycles. The molecule has 0 aromatic heterocycles. The summed E-state index contributed by atoms with van der Waals surface area (Å²) in [5.41, 5.74) is 26.8. The number of nitrogens with one attached hydrogen (secondary N) is 1. The van der Waals surface area contributed by atoms with E-state index < -0.39 is 0 Å². The predicted molar refractivity (Wildman–Crippen MR) is 64.0 cm³/mol. The molecule has 8 heteroatoms. The zero-order valence-corrected chi connectivity index (χ0v) is 9.02. The monoisotopic (exact) mass is 243 g/mol. The fourth-order valence-corrected chi connectivity index (χ4v) is 1.25. The van der Waals surface area contributed by atoms with Gasteiger partial charge in [-0.25, -0.2) is 0 Å². The van der Waals surface area contributed by atoms with Gasteiger partial charge in [-0.05, 0) is 22.6 Å². The average molecular weight is 243 g/mol. The Morgan fingerprint density at radius 2 is 1.17 bits per heavy atom. The van der Waals surface area contributed by atoms with E-state index in [1.165, 1.54) is 17.1 Å². The molecular weight excluding hydrogens is 236 g/mol. The fourth-order valence-electron chi connectivity index (χ4n) is 1.25. The molecule has 90 valence electrons. The summed E-state index contributed by atoms with van der Waals surface area (Å²) in [5, 5.41) is 0. The molecular formula is C10H7N6O2-. The van der Waals surface area contributed by atoms with Gasteiger partial charge in [0.25, 0.3) is 0 Å². The maximum atomic E-state index is 11.2. The summed E-state index contributed by atoms with van der Waals surface area (Å²) in [6.45, 7) is 0. The first-order valence-corrected chi connectivity index (χ1v) is 4.47. The van der Waals surface area contributed by atoms with E-state index in [-0.39, 0.29) is 11.6 Å². The summed E-state index contributed by atoms with van der Waals surface area (Å²) >= 11 is 0. The Morgan fingerprint density at radius 1 is 0.889 bits per heavy atom. The second kappa shape index (κ2) is 8.12. The molecule has 0 bridgehead atoms. The Labute approximate surface area is 101 Å². The van der Waals surface area contributed by atoms with Crippen LogP contribution in [0.1, 0.15) is 0 Å². The van der Waals surface area contributed by atoms with Gasteiger partial charge in [0, 0.05) is 11.1 Å². The van der Waals surface area contributed by atoms with E-state index >= 15 is 0 Å². The minimum absolute atomic E-state index is 0.0924. The highest BCUT2D eigenvalue weighted by Crippen LogP contribution is 2.21. The van der Waals surface area contributed by atoms with Crippen LogP contribution in [0.3, 0.4) is 0 Å². The van der Waals surface area contributed by atoms with E-state index in [0.29, 0.717) is 11.1 Å². The minimum atomic E-state index is -0.0924. The second-order valence-electron chi connectivity index (χ2n) is 2.80. The molecule has 0 atom stereocenters. The Hall–Kier alpha value is -3.08. The summed E-state index contributed by atoms with van der Waals surface area (Å²) in [6.07, 6.45) is 9.46. The SMILES string of the molecule is O=C1C=CC=C2C(=O)C=CC=C12.[N-]=[N+]=N.[N-]=[N+]=[N-]. The molecule has 2 aliphatic rings. The number of hydrogen-bond acceptors (Lipinski definition) is 3. The molecule has 2 rings (SSSR count). The fraction of sp³-hybridized carbons (Fsp3) is 0. The third kappa shape index (κ3) is 4.19. The normalized spacial score (nSPS) is 14.4. The highest BCUT2D eigenvalue weighted by molar-refractivity contribution is 6.22. The van der Waals surface area contributed by atoms with Crippen molar-refractivity contribution in [1.29, 1.82) is 5.53 Å². The van der Waals surface area contributed by atoms with Crippen LogP contribution >= 0.6 is 0 Å². The van der Waals surface area contributed by atoms with Gasteiger partial charge < -0.3 is 11.1 Å². The van der Waals surface area contributed by atoms with Crippen LogP contribution in [0.5, 0.6) is 0 Å². The molecule has 0 heterocycles. The zero-order chi connectivity index (χ0) is 14.0. The van der Waals surface area contributed by atoms with Crippen LogP contribution in [0.25, 0.3) is 26.4 Å². The largest absolute Gasteiger partial charge is 0.373 e. The quantitative estimate of drug-likeness (QED) is 0.394. The molecule has 0 amide bonds. The predicted octanol–water partition coefficient (Wildman–Crippen LogP) is 2.86. The third-order valence-corrected chi connectivity index (χ3v) is 1.84. The summed E-state index contributed by atoms with van der Waals surface area (Å²) in [6, 6.07) is 0. The molecule has 18 heavy (non-hydrogen) atoms. The van der Waals surface area contributed by atoms with Gasteiger partial charge in [0.1, 0.15) is 0 Å². The van der Waals surface area contributed by atoms with Crippen LogP contribution in [-0.4, -0.2) is 11.6 Å². The molecule has 0 saturated carbocycles. The van der Waals surface area contributed by atoms with E-state index in [2.05, 4.69) is 0 Å². The van der Waals surface area contributed by atoms with Crippen LogP contribution in [0.4, 0.5) is 0 Å². The van der Waals surface area contributed by atoms with Crippen LogP contribution in [-0.2, 0) is 9.59 Å². The summed E-state index contributed by atoms with van der Waals surface area (Å²) < 4.78 is 0. The molecule has 0 fully saturated rings. The summed E-state index contributed by atoms with van der Waals surface area (Å²) in [5.74, 6) is -0.185. The van der Waals surface area contributed by atoms with Gasteiger partial charge in [-0.3, -0.25) is 14.5 Å². The van der Waals surface area contributed by atoms with Gasteiger partial charge in [-0.1, -0.05) is 24.3 Å². The van der Waals surface area contributed by atoms with Crippen LogP contribution in [0.2, 0.25) is 0 Å². The van der Waals surface area contributed by atoms with Gasteiger partial charge >= 0.3 is 0 Å². The van der Waals surface area contributed by atoms with Crippen molar-refractivity contribution in [3.05, 3.63) is 74.0 Å². The number of carbonyl (C=O) groups excluding carboxylic acids is 2. The lowest BCUT2D eigenvalue weighted by atomic mass is 9.90.